The monoisotopic (exact) mass is 347 g/mol. The molecule has 0 saturated heterocycles. The standard InChI is InChI=1S/C24H23NO/c1-2-3-8-16-25-17-22(20-13-6-7-15-23(20)25)24(26)21-14-9-11-18-10-4-5-12-19(18)21/h4-7,9-15,17H,2-3,8,16H2,1H3/i6+1,7+1,13+1,15+1,20+1,23+1. The van der Waals surface area contributed by atoms with Crippen LogP contribution in [0.4, 0.5) is 0 Å². The molecule has 0 aliphatic carbocycles. The fourth-order valence-corrected chi connectivity index (χ4v) is 3.71. The fraction of sp³-hybridized carbons (Fsp3) is 0.208. The summed E-state index contributed by atoms with van der Waals surface area (Å²) in [6, 6.07) is 22.3. The number of rotatable bonds is 6. The number of hydrogen-bond acceptors (Lipinski definition) is 1. The summed E-state index contributed by atoms with van der Waals surface area (Å²) >= 11 is 0. The van der Waals surface area contributed by atoms with Crippen LogP contribution in [0.1, 0.15) is 42.1 Å². The first kappa shape index (κ1) is 16.6. The van der Waals surface area contributed by atoms with Gasteiger partial charge in [0.1, 0.15) is 0 Å². The Morgan fingerprint density at radius 1 is 0.808 bits per heavy atom. The van der Waals surface area contributed by atoms with Crippen molar-refractivity contribution in [2.75, 3.05) is 0 Å². The molecule has 0 aliphatic rings. The largest absolute Gasteiger partial charge is 0.347 e. The molecule has 0 radical (unpaired) electrons. The van der Waals surface area contributed by atoms with Crippen molar-refractivity contribution in [1.82, 2.24) is 4.57 Å². The third-order valence-electron chi connectivity index (χ3n) is 5.07. The van der Waals surface area contributed by atoms with E-state index in [1.807, 2.05) is 48.7 Å². The van der Waals surface area contributed by atoms with Gasteiger partial charge in [-0.1, -0.05) is 80.4 Å². The van der Waals surface area contributed by atoms with E-state index < -0.39 is 0 Å². The number of nitrogens with zero attached hydrogens (tertiary/aromatic N) is 1. The third-order valence-corrected chi connectivity index (χ3v) is 5.07. The van der Waals surface area contributed by atoms with E-state index in [1.165, 1.54) is 12.8 Å². The molecule has 1 aromatic heterocycles. The lowest BCUT2D eigenvalue weighted by molar-refractivity contribution is 0.104. The highest BCUT2D eigenvalue weighted by molar-refractivity contribution is 6.21. The zero-order valence-corrected chi connectivity index (χ0v) is 15.1. The van der Waals surface area contributed by atoms with Gasteiger partial charge in [-0.25, -0.2) is 0 Å². The van der Waals surface area contributed by atoms with Gasteiger partial charge in [-0.2, -0.15) is 0 Å². The van der Waals surface area contributed by atoms with Gasteiger partial charge in [0.2, 0.25) is 0 Å². The molecular formula is C24H23NO. The van der Waals surface area contributed by atoms with Gasteiger partial charge in [0.15, 0.2) is 5.78 Å². The lowest BCUT2D eigenvalue weighted by Gasteiger charge is -2.05. The smallest absolute Gasteiger partial charge is 0.195 e. The number of aryl methyl sites for hydroxylation is 1. The van der Waals surface area contributed by atoms with E-state index >= 15 is 0 Å². The van der Waals surface area contributed by atoms with Crippen molar-refractivity contribution in [2.24, 2.45) is 0 Å². The van der Waals surface area contributed by atoms with Crippen LogP contribution in [0.15, 0.2) is 72.9 Å². The average Bonchev–Trinajstić information content (AvgIpc) is 3.06. The van der Waals surface area contributed by atoms with Gasteiger partial charge in [0.25, 0.3) is 0 Å². The van der Waals surface area contributed by atoms with Gasteiger partial charge >= 0.3 is 0 Å². The number of hydrogen-bond donors (Lipinski definition) is 0. The molecule has 130 valence electrons. The van der Waals surface area contributed by atoms with Crippen molar-refractivity contribution in [1.29, 1.82) is 0 Å². The maximum absolute atomic E-state index is 13.4. The first-order valence-electron chi connectivity index (χ1n) is 9.40. The molecule has 0 aliphatic heterocycles. The van der Waals surface area contributed by atoms with E-state index in [-0.39, 0.29) is 5.78 Å². The first-order chi connectivity index (χ1) is 12.8. The van der Waals surface area contributed by atoms with Crippen LogP contribution in [0.2, 0.25) is 0 Å². The molecule has 26 heavy (non-hydrogen) atoms. The molecule has 0 saturated carbocycles. The third kappa shape index (κ3) is 2.92. The van der Waals surface area contributed by atoms with E-state index in [9.17, 15) is 4.79 Å². The van der Waals surface area contributed by atoms with Crippen LogP contribution in [-0.4, -0.2) is 10.4 Å². The summed E-state index contributed by atoms with van der Waals surface area (Å²) in [6.45, 7) is 3.17. The normalized spacial score (nSPS) is 11.3. The van der Waals surface area contributed by atoms with Gasteiger partial charge in [-0.05, 0) is 23.3 Å². The Kier molecular flexibility index (Phi) is 4.57. The van der Waals surface area contributed by atoms with Gasteiger partial charge < -0.3 is 4.57 Å². The molecular weight excluding hydrogens is 324 g/mol. The molecule has 3 aromatic carbocycles. The first-order valence-corrected chi connectivity index (χ1v) is 9.40. The number of unbranched alkanes of at least 4 members (excludes halogenated alkanes) is 2. The number of para-hydroxylation sites is 1. The number of aromatic nitrogens is 1. The predicted molar refractivity (Wildman–Crippen MR) is 109 cm³/mol. The van der Waals surface area contributed by atoms with Crippen molar-refractivity contribution < 1.29 is 4.79 Å². The number of carbonyl (C=O) groups is 1. The molecule has 4 aromatic rings. The van der Waals surface area contributed by atoms with Crippen molar-refractivity contribution in [3.63, 3.8) is 0 Å². The average molecular weight is 347 g/mol. The van der Waals surface area contributed by atoms with E-state index in [2.05, 4.69) is 35.8 Å². The zero-order valence-electron chi connectivity index (χ0n) is 15.1. The minimum atomic E-state index is 0.104. The zero-order chi connectivity index (χ0) is 17.9. The quantitative estimate of drug-likeness (QED) is 0.300. The Morgan fingerprint density at radius 2 is 1.54 bits per heavy atom. The highest BCUT2D eigenvalue weighted by Gasteiger charge is 2.18. The van der Waals surface area contributed by atoms with Crippen LogP contribution in [-0.2, 0) is 6.54 Å². The Hall–Kier alpha value is -2.87. The maximum Gasteiger partial charge on any atom is 0.195 e. The van der Waals surface area contributed by atoms with Crippen LogP contribution < -0.4 is 0 Å². The Labute approximate surface area is 154 Å². The maximum atomic E-state index is 13.4. The van der Waals surface area contributed by atoms with Crippen molar-refractivity contribution in [3.05, 3.63) is 84.1 Å². The summed E-state index contributed by atoms with van der Waals surface area (Å²) in [5, 5.41) is 3.16. The lowest BCUT2D eigenvalue weighted by atomic mass is 10.00. The highest BCUT2D eigenvalue weighted by atomic mass is 16.1. The van der Waals surface area contributed by atoms with E-state index in [4.69, 9.17) is 0 Å². The summed E-state index contributed by atoms with van der Waals surface area (Å²) < 4.78 is 2.24. The molecule has 0 atom stereocenters. The number of ketones is 1. The van der Waals surface area contributed by atoms with E-state index in [0.717, 1.165) is 45.8 Å². The van der Waals surface area contributed by atoms with Crippen LogP contribution >= 0.6 is 0 Å². The molecule has 0 fully saturated rings. The predicted octanol–water partition coefficient (Wildman–Crippen LogP) is 6.22. The van der Waals surface area contributed by atoms with Gasteiger partial charge in [-0.3, -0.25) is 4.79 Å². The second-order valence-corrected chi connectivity index (χ2v) is 6.82. The highest BCUT2D eigenvalue weighted by Crippen LogP contribution is 2.27. The molecule has 0 N–H and O–H groups in total. The van der Waals surface area contributed by atoms with Gasteiger partial charge in [-0.15, -0.1) is 0 Å². The SMILES string of the molecule is CCCCCn1cc(C(=O)c2cccc3ccccc23)[13c]2[13cH][13cH][13cH][13cH][13c]21. The molecule has 2 nitrogen and oxygen atoms in total. The lowest BCUT2D eigenvalue weighted by Crippen LogP contribution is -2.02. The molecule has 2 heteroatoms. The Morgan fingerprint density at radius 3 is 2.38 bits per heavy atom. The van der Waals surface area contributed by atoms with Crippen molar-refractivity contribution in [3.8, 4) is 0 Å². The van der Waals surface area contributed by atoms with Crippen molar-refractivity contribution in [2.45, 2.75) is 32.7 Å². The molecule has 0 unspecified atom stereocenters. The molecule has 4 rings (SSSR count). The van der Waals surface area contributed by atoms with Crippen LogP contribution in [0.25, 0.3) is 21.7 Å². The molecule has 1 heterocycles. The summed E-state index contributed by atoms with van der Waals surface area (Å²) in [5.41, 5.74) is 2.72. The Bertz CT molecular complexity index is 1070. The fourth-order valence-electron chi connectivity index (χ4n) is 3.71. The topological polar surface area (TPSA) is 22.0 Å². The summed E-state index contributed by atoms with van der Waals surface area (Å²) in [7, 11) is 0. The van der Waals surface area contributed by atoms with E-state index in [1.54, 1.807) is 0 Å². The summed E-state index contributed by atoms with van der Waals surface area (Å²) in [4.78, 5) is 13.4. The second kappa shape index (κ2) is 7.17. The minimum Gasteiger partial charge on any atom is -0.347 e. The number of carbonyl (C=O) groups excluding carboxylic acids is 1. The van der Waals surface area contributed by atoms with Gasteiger partial charge in [0.05, 0.1) is 0 Å². The number of benzene rings is 3. The van der Waals surface area contributed by atoms with Crippen molar-refractivity contribution >= 4 is 27.5 Å². The van der Waals surface area contributed by atoms with E-state index in [0.29, 0.717) is 0 Å². The minimum absolute atomic E-state index is 0.104. The molecule has 0 amide bonds. The molecule has 0 bridgehead atoms. The van der Waals surface area contributed by atoms with Gasteiger partial charge in [0, 0.05) is 34.8 Å². The second-order valence-electron chi connectivity index (χ2n) is 6.82. The van der Waals surface area contributed by atoms with Crippen LogP contribution in [0, 0.1) is 0 Å². The summed E-state index contributed by atoms with van der Waals surface area (Å²) in [5.74, 6) is 0.104. The van der Waals surface area contributed by atoms with Crippen LogP contribution in [0.5, 0.6) is 0 Å². The molecule has 0 spiro atoms. The number of fused-ring (bicyclic) bond motifs is 2. The van der Waals surface area contributed by atoms with Crippen LogP contribution in [0.3, 0.4) is 0 Å². The Balaban J connectivity index is 1.82. The summed E-state index contributed by atoms with van der Waals surface area (Å²) in [6.07, 6.45) is 5.58.